The molecule has 3 rings (SSSR count). The Hall–Kier alpha value is -2.19. The van der Waals surface area contributed by atoms with Gasteiger partial charge in [-0.1, -0.05) is 12.1 Å². The Labute approximate surface area is 154 Å². The summed E-state index contributed by atoms with van der Waals surface area (Å²) in [5, 5.41) is 0. The molecule has 0 bridgehead atoms. The van der Waals surface area contributed by atoms with Crippen molar-refractivity contribution in [1.29, 1.82) is 0 Å². The maximum Gasteiger partial charge on any atom is 0.319 e. The molecule has 1 saturated heterocycles. The van der Waals surface area contributed by atoms with E-state index in [9.17, 15) is 8.42 Å². The van der Waals surface area contributed by atoms with Gasteiger partial charge in [0.2, 0.25) is 15.9 Å². The quantitative estimate of drug-likeness (QED) is 0.795. The summed E-state index contributed by atoms with van der Waals surface area (Å²) in [5.41, 5.74) is 1.67. The summed E-state index contributed by atoms with van der Waals surface area (Å²) in [5.74, 6) is 0.382. The summed E-state index contributed by atoms with van der Waals surface area (Å²) in [4.78, 5) is 8.44. The van der Waals surface area contributed by atoms with Crippen molar-refractivity contribution >= 4 is 10.0 Å². The molecule has 1 aliphatic rings. The normalized spacial score (nSPS) is 18.5. The highest BCUT2D eigenvalue weighted by Gasteiger charge is 2.32. The SMILES string of the molecule is COc1nccc(OC2CCCN(S(=O)(=O)c3cc(C)ccc3C)C2)n1. The lowest BCUT2D eigenvalue weighted by atomic mass is 10.1. The lowest BCUT2D eigenvalue weighted by Gasteiger charge is -2.32. The molecule has 1 atom stereocenters. The number of hydrogen-bond donors (Lipinski definition) is 0. The Balaban J connectivity index is 1.78. The Morgan fingerprint density at radius 3 is 2.81 bits per heavy atom. The van der Waals surface area contributed by atoms with E-state index in [0.717, 1.165) is 24.0 Å². The van der Waals surface area contributed by atoms with E-state index in [1.807, 2.05) is 26.0 Å². The Morgan fingerprint density at radius 1 is 1.23 bits per heavy atom. The van der Waals surface area contributed by atoms with Crippen LogP contribution in [-0.4, -0.2) is 49.0 Å². The van der Waals surface area contributed by atoms with Gasteiger partial charge in [-0.2, -0.15) is 9.29 Å². The van der Waals surface area contributed by atoms with Gasteiger partial charge >= 0.3 is 6.01 Å². The molecule has 26 heavy (non-hydrogen) atoms. The van der Waals surface area contributed by atoms with E-state index in [1.165, 1.54) is 11.4 Å². The highest BCUT2D eigenvalue weighted by molar-refractivity contribution is 7.89. The van der Waals surface area contributed by atoms with Gasteiger partial charge in [-0.3, -0.25) is 0 Å². The van der Waals surface area contributed by atoms with Gasteiger partial charge in [-0.05, 0) is 43.9 Å². The van der Waals surface area contributed by atoms with Crippen molar-refractivity contribution in [3.05, 3.63) is 41.6 Å². The molecule has 1 aromatic carbocycles. The van der Waals surface area contributed by atoms with Gasteiger partial charge in [0.25, 0.3) is 0 Å². The largest absolute Gasteiger partial charge is 0.473 e. The molecule has 0 radical (unpaired) electrons. The van der Waals surface area contributed by atoms with Crippen LogP contribution in [0.25, 0.3) is 0 Å². The van der Waals surface area contributed by atoms with E-state index < -0.39 is 10.0 Å². The Morgan fingerprint density at radius 2 is 2.04 bits per heavy atom. The Bertz CT molecular complexity index is 886. The molecule has 1 aromatic heterocycles. The summed E-state index contributed by atoms with van der Waals surface area (Å²) < 4.78 is 38.5. The van der Waals surface area contributed by atoms with Crippen LogP contribution in [0.3, 0.4) is 0 Å². The third-order valence-corrected chi connectivity index (χ3v) is 6.39. The van der Waals surface area contributed by atoms with Gasteiger partial charge in [0, 0.05) is 18.8 Å². The first-order valence-corrected chi connectivity index (χ1v) is 9.95. The van der Waals surface area contributed by atoms with Crippen LogP contribution in [0.5, 0.6) is 11.9 Å². The minimum atomic E-state index is -3.56. The molecule has 2 heterocycles. The van der Waals surface area contributed by atoms with Crippen LogP contribution in [0.15, 0.2) is 35.4 Å². The second-order valence-corrected chi connectivity index (χ2v) is 8.30. The molecular weight excluding hydrogens is 354 g/mol. The fraction of sp³-hybridized carbons (Fsp3) is 0.444. The topological polar surface area (TPSA) is 81.6 Å². The molecule has 7 nitrogen and oxygen atoms in total. The Kier molecular flexibility index (Phi) is 5.43. The predicted molar refractivity (Wildman–Crippen MR) is 96.9 cm³/mol. The predicted octanol–water partition coefficient (Wildman–Crippen LogP) is 2.33. The molecule has 0 spiro atoms. The number of rotatable bonds is 5. The molecule has 8 heteroatoms. The second-order valence-electron chi connectivity index (χ2n) is 6.40. The van der Waals surface area contributed by atoms with Crippen LogP contribution in [-0.2, 0) is 10.0 Å². The highest BCUT2D eigenvalue weighted by Crippen LogP contribution is 2.26. The monoisotopic (exact) mass is 377 g/mol. The van der Waals surface area contributed by atoms with E-state index in [-0.39, 0.29) is 12.1 Å². The van der Waals surface area contributed by atoms with Crippen molar-refractivity contribution in [1.82, 2.24) is 14.3 Å². The van der Waals surface area contributed by atoms with E-state index in [0.29, 0.717) is 23.9 Å². The molecule has 0 aliphatic carbocycles. The zero-order valence-corrected chi connectivity index (χ0v) is 16.0. The van der Waals surface area contributed by atoms with E-state index in [2.05, 4.69) is 9.97 Å². The van der Waals surface area contributed by atoms with Gasteiger partial charge in [-0.25, -0.2) is 13.4 Å². The molecule has 0 N–H and O–H groups in total. The lowest BCUT2D eigenvalue weighted by Crippen LogP contribution is -2.44. The maximum absolute atomic E-state index is 13.1. The first-order chi connectivity index (χ1) is 12.4. The number of hydrogen-bond acceptors (Lipinski definition) is 6. The van der Waals surface area contributed by atoms with Crippen molar-refractivity contribution in [3.63, 3.8) is 0 Å². The number of sulfonamides is 1. The molecule has 0 saturated carbocycles. The molecule has 140 valence electrons. The number of benzene rings is 1. The number of methoxy groups -OCH3 is 1. The fourth-order valence-corrected chi connectivity index (χ4v) is 4.82. The number of ether oxygens (including phenoxy) is 2. The highest BCUT2D eigenvalue weighted by atomic mass is 32.2. The van der Waals surface area contributed by atoms with Crippen LogP contribution < -0.4 is 9.47 Å². The van der Waals surface area contributed by atoms with E-state index >= 15 is 0 Å². The zero-order valence-electron chi connectivity index (χ0n) is 15.2. The second kappa shape index (κ2) is 7.59. The van der Waals surface area contributed by atoms with E-state index in [1.54, 1.807) is 18.3 Å². The van der Waals surface area contributed by atoms with Crippen LogP contribution in [0.2, 0.25) is 0 Å². The summed E-state index contributed by atoms with van der Waals surface area (Å²) in [6, 6.07) is 7.34. The molecule has 1 fully saturated rings. The van der Waals surface area contributed by atoms with Gasteiger partial charge in [0.15, 0.2) is 0 Å². The van der Waals surface area contributed by atoms with Crippen LogP contribution in [0.1, 0.15) is 24.0 Å². The summed E-state index contributed by atoms with van der Waals surface area (Å²) in [6.07, 6.45) is 2.79. The first kappa shape index (κ1) is 18.6. The van der Waals surface area contributed by atoms with Crippen molar-refractivity contribution in [2.24, 2.45) is 0 Å². The number of aryl methyl sites for hydroxylation is 2. The van der Waals surface area contributed by atoms with Crippen molar-refractivity contribution in [2.45, 2.75) is 37.7 Å². The molecule has 1 aliphatic heterocycles. The zero-order chi connectivity index (χ0) is 18.7. The molecule has 0 amide bonds. The van der Waals surface area contributed by atoms with Crippen LogP contribution in [0.4, 0.5) is 0 Å². The van der Waals surface area contributed by atoms with E-state index in [4.69, 9.17) is 9.47 Å². The van der Waals surface area contributed by atoms with Gasteiger partial charge in [-0.15, -0.1) is 0 Å². The number of aromatic nitrogens is 2. The third kappa shape index (κ3) is 3.96. The van der Waals surface area contributed by atoms with Crippen molar-refractivity contribution in [2.75, 3.05) is 20.2 Å². The number of nitrogens with zero attached hydrogens (tertiary/aromatic N) is 3. The summed E-state index contributed by atoms with van der Waals surface area (Å²) in [7, 11) is -2.07. The van der Waals surface area contributed by atoms with Crippen molar-refractivity contribution in [3.8, 4) is 11.9 Å². The standard InChI is InChI=1S/C18H23N3O4S/c1-13-6-7-14(2)16(11-13)26(22,23)21-10-4-5-15(12-21)25-17-8-9-19-18(20-17)24-3/h6-9,11,15H,4-5,10,12H2,1-3H3. The lowest BCUT2D eigenvalue weighted by molar-refractivity contribution is 0.123. The van der Waals surface area contributed by atoms with Crippen LogP contribution in [0, 0.1) is 13.8 Å². The van der Waals surface area contributed by atoms with Crippen molar-refractivity contribution < 1.29 is 17.9 Å². The van der Waals surface area contributed by atoms with Crippen LogP contribution >= 0.6 is 0 Å². The minimum absolute atomic E-state index is 0.221. The average molecular weight is 377 g/mol. The number of piperidine rings is 1. The third-order valence-electron chi connectivity index (χ3n) is 4.38. The van der Waals surface area contributed by atoms with Gasteiger partial charge in [0.05, 0.1) is 18.6 Å². The maximum atomic E-state index is 13.1. The summed E-state index contributed by atoms with van der Waals surface area (Å²) >= 11 is 0. The van der Waals surface area contributed by atoms with Gasteiger partial charge in [0.1, 0.15) is 6.10 Å². The smallest absolute Gasteiger partial charge is 0.319 e. The fourth-order valence-electron chi connectivity index (χ4n) is 3.00. The average Bonchev–Trinajstić information content (AvgIpc) is 2.64. The molecular formula is C18H23N3O4S. The minimum Gasteiger partial charge on any atom is -0.473 e. The summed E-state index contributed by atoms with van der Waals surface area (Å²) in [6.45, 7) is 4.49. The van der Waals surface area contributed by atoms with Gasteiger partial charge < -0.3 is 9.47 Å². The molecule has 1 unspecified atom stereocenters. The first-order valence-electron chi connectivity index (χ1n) is 8.51. The molecule has 2 aromatic rings.